The summed E-state index contributed by atoms with van der Waals surface area (Å²) in [6.45, 7) is 5.39. The Balaban J connectivity index is 1.68. The monoisotopic (exact) mass is 520 g/mol. The zero-order valence-electron chi connectivity index (χ0n) is 21.1. The summed E-state index contributed by atoms with van der Waals surface area (Å²) in [5.41, 5.74) is 4.51. The van der Waals surface area contributed by atoms with E-state index in [0.717, 1.165) is 4.68 Å². The molecular formula is C26H31F3N4O4. The Kier molecular flexibility index (Phi) is 7.09. The van der Waals surface area contributed by atoms with E-state index >= 15 is 0 Å². The minimum atomic E-state index is -4.79. The summed E-state index contributed by atoms with van der Waals surface area (Å²) in [6.07, 6.45) is -1.78. The van der Waals surface area contributed by atoms with E-state index < -0.39 is 29.0 Å². The van der Waals surface area contributed by atoms with Crippen molar-refractivity contribution in [3.63, 3.8) is 0 Å². The largest absolute Gasteiger partial charge is 0.462 e. The number of benzene rings is 1. The number of aromatic nitrogens is 2. The standard InChI is InChI=1S/C26H31F3N4O4/c1-4-21(35)37-16-8-5-14(6-9-16)31-18-11-15(7-10-17(18)24(30)36)33-19-12-25(2,3)13-20(34)22(19)23(32-33)26(27,28)29/h7,10-11,14,16,31H,4-6,8-9,12-13H2,1-3H3,(H2,30,36)/t14-,16-. The van der Waals surface area contributed by atoms with Crippen LogP contribution in [0.4, 0.5) is 18.9 Å². The summed E-state index contributed by atoms with van der Waals surface area (Å²) in [5.74, 6) is -1.52. The van der Waals surface area contributed by atoms with Gasteiger partial charge < -0.3 is 15.8 Å². The number of amides is 1. The summed E-state index contributed by atoms with van der Waals surface area (Å²) in [7, 11) is 0. The molecule has 1 fully saturated rings. The van der Waals surface area contributed by atoms with Crippen LogP contribution in [0.15, 0.2) is 18.2 Å². The van der Waals surface area contributed by atoms with Crippen LogP contribution < -0.4 is 11.1 Å². The van der Waals surface area contributed by atoms with Crippen molar-refractivity contribution in [1.82, 2.24) is 9.78 Å². The highest BCUT2D eigenvalue weighted by Crippen LogP contribution is 2.42. The topological polar surface area (TPSA) is 116 Å². The molecule has 1 saturated carbocycles. The second-order valence-corrected chi connectivity index (χ2v) is 10.6. The smallest absolute Gasteiger partial charge is 0.435 e. The maximum atomic E-state index is 13.8. The number of esters is 1. The third-order valence-corrected chi connectivity index (χ3v) is 6.95. The van der Waals surface area contributed by atoms with Crippen LogP contribution in [0.1, 0.15) is 91.4 Å². The number of rotatable bonds is 6. The molecule has 200 valence electrons. The van der Waals surface area contributed by atoms with Crippen LogP contribution in [0, 0.1) is 5.41 Å². The van der Waals surface area contributed by atoms with Gasteiger partial charge in [0.05, 0.1) is 22.5 Å². The van der Waals surface area contributed by atoms with Gasteiger partial charge in [0.2, 0.25) is 0 Å². The molecule has 0 spiro atoms. The SMILES string of the molecule is CCC(=O)O[C@H]1CC[C@H](Nc2cc(-n3nc(C(F)(F)F)c4c3CC(C)(C)CC4=O)ccc2C(N)=O)CC1. The van der Waals surface area contributed by atoms with E-state index in [-0.39, 0.29) is 53.5 Å². The fourth-order valence-corrected chi connectivity index (χ4v) is 5.17. The van der Waals surface area contributed by atoms with Crippen LogP contribution in [0.5, 0.6) is 0 Å². The van der Waals surface area contributed by atoms with Crippen molar-refractivity contribution in [3.05, 3.63) is 40.7 Å². The van der Waals surface area contributed by atoms with Gasteiger partial charge in [-0.05, 0) is 55.7 Å². The van der Waals surface area contributed by atoms with Crippen molar-refractivity contribution >= 4 is 23.3 Å². The van der Waals surface area contributed by atoms with Gasteiger partial charge >= 0.3 is 12.1 Å². The van der Waals surface area contributed by atoms with Crippen LogP contribution in [0.25, 0.3) is 5.69 Å². The van der Waals surface area contributed by atoms with Crippen LogP contribution >= 0.6 is 0 Å². The van der Waals surface area contributed by atoms with Gasteiger partial charge in [0, 0.05) is 24.6 Å². The highest BCUT2D eigenvalue weighted by atomic mass is 19.4. The molecule has 2 aliphatic rings. The Morgan fingerprint density at radius 1 is 1.19 bits per heavy atom. The number of anilines is 1. The zero-order chi connectivity index (χ0) is 27.1. The first kappa shape index (κ1) is 26.7. The quantitative estimate of drug-likeness (QED) is 0.528. The van der Waals surface area contributed by atoms with Crippen molar-refractivity contribution in [2.45, 2.75) is 84.0 Å². The van der Waals surface area contributed by atoms with Gasteiger partial charge in [-0.15, -0.1) is 0 Å². The molecule has 8 nitrogen and oxygen atoms in total. The first-order valence-corrected chi connectivity index (χ1v) is 12.4. The van der Waals surface area contributed by atoms with Crippen molar-refractivity contribution in [2.75, 3.05) is 5.32 Å². The van der Waals surface area contributed by atoms with E-state index in [1.165, 1.54) is 12.1 Å². The Morgan fingerprint density at radius 3 is 2.46 bits per heavy atom. The molecule has 0 saturated heterocycles. The predicted molar refractivity (Wildman–Crippen MR) is 130 cm³/mol. The van der Waals surface area contributed by atoms with Gasteiger partial charge in [-0.3, -0.25) is 14.4 Å². The average Bonchev–Trinajstić information content (AvgIpc) is 3.19. The van der Waals surface area contributed by atoms with E-state index in [0.29, 0.717) is 37.8 Å². The molecule has 0 unspecified atom stereocenters. The van der Waals surface area contributed by atoms with Crippen molar-refractivity contribution in [3.8, 4) is 5.69 Å². The number of primary amides is 1. The number of carbonyl (C=O) groups is 3. The molecule has 0 radical (unpaired) electrons. The molecule has 11 heteroatoms. The summed E-state index contributed by atoms with van der Waals surface area (Å²) < 4.78 is 48.1. The lowest BCUT2D eigenvalue weighted by molar-refractivity contribution is -0.150. The molecule has 1 heterocycles. The molecule has 3 N–H and O–H groups in total. The number of hydrogen-bond donors (Lipinski definition) is 2. The third kappa shape index (κ3) is 5.65. The molecule has 1 aromatic carbocycles. The number of hydrogen-bond acceptors (Lipinski definition) is 6. The molecule has 0 atom stereocenters. The van der Waals surface area contributed by atoms with Gasteiger partial charge in [-0.2, -0.15) is 18.3 Å². The lowest BCUT2D eigenvalue weighted by Crippen LogP contribution is -2.31. The number of nitrogens with zero attached hydrogens (tertiary/aromatic N) is 2. The first-order chi connectivity index (χ1) is 17.3. The molecule has 2 aromatic rings. The maximum absolute atomic E-state index is 13.8. The Hall–Kier alpha value is -3.37. The third-order valence-electron chi connectivity index (χ3n) is 6.95. The molecule has 1 amide bonds. The second kappa shape index (κ2) is 9.83. The first-order valence-electron chi connectivity index (χ1n) is 12.4. The summed E-state index contributed by atoms with van der Waals surface area (Å²) in [4.78, 5) is 36.4. The number of ether oxygens (including phenoxy) is 1. The highest BCUT2D eigenvalue weighted by Gasteiger charge is 2.45. The molecular weight excluding hydrogens is 489 g/mol. The fourth-order valence-electron chi connectivity index (χ4n) is 5.17. The van der Waals surface area contributed by atoms with Crippen molar-refractivity contribution in [2.24, 2.45) is 11.1 Å². The van der Waals surface area contributed by atoms with Gasteiger partial charge in [0.1, 0.15) is 6.10 Å². The Labute approximate surface area is 212 Å². The van der Waals surface area contributed by atoms with Crippen LogP contribution in [-0.4, -0.2) is 39.6 Å². The number of nitrogens with two attached hydrogens (primary N) is 1. The molecule has 2 aliphatic carbocycles. The summed E-state index contributed by atoms with van der Waals surface area (Å²) in [6, 6.07) is 4.42. The number of alkyl halides is 3. The highest BCUT2D eigenvalue weighted by molar-refractivity contribution is 6.00. The summed E-state index contributed by atoms with van der Waals surface area (Å²) >= 11 is 0. The summed E-state index contributed by atoms with van der Waals surface area (Å²) in [5, 5.41) is 7.14. The second-order valence-electron chi connectivity index (χ2n) is 10.6. The van der Waals surface area contributed by atoms with E-state index in [2.05, 4.69) is 10.4 Å². The Bertz CT molecular complexity index is 1230. The number of halogens is 3. The minimum absolute atomic E-state index is 0.00155. The number of carbonyl (C=O) groups excluding carboxylic acids is 3. The molecule has 1 aromatic heterocycles. The van der Waals surface area contributed by atoms with Gasteiger partial charge in [0.15, 0.2) is 11.5 Å². The van der Waals surface area contributed by atoms with E-state index in [9.17, 15) is 27.6 Å². The van der Waals surface area contributed by atoms with Crippen LogP contribution in [-0.2, 0) is 22.1 Å². The van der Waals surface area contributed by atoms with E-state index in [1.807, 2.05) is 13.8 Å². The molecule has 37 heavy (non-hydrogen) atoms. The van der Waals surface area contributed by atoms with Gasteiger partial charge in [0.25, 0.3) is 5.91 Å². The Morgan fingerprint density at radius 2 is 1.86 bits per heavy atom. The predicted octanol–water partition coefficient (Wildman–Crippen LogP) is 4.82. The molecule has 0 aliphatic heterocycles. The lowest BCUT2D eigenvalue weighted by atomic mass is 9.75. The zero-order valence-corrected chi connectivity index (χ0v) is 21.1. The fraction of sp³-hybridized carbons (Fsp3) is 0.538. The lowest BCUT2D eigenvalue weighted by Gasteiger charge is -2.30. The van der Waals surface area contributed by atoms with Gasteiger partial charge in [-0.25, -0.2) is 4.68 Å². The van der Waals surface area contributed by atoms with E-state index in [4.69, 9.17) is 10.5 Å². The number of ketones is 1. The maximum Gasteiger partial charge on any atom is 0.435 e. The molecule has 0 bridgehead atoms. The molecule has 4 rings (SSSR count). The van der Waals surface area contributed by atoms with Gasteiger partial charge in [-0.1, -0.05) is 20.8 Å². The minimum Gasteiger partial charge on any atom is -0.462 e. The number of Topliss-reactive ketones (excluding diaryl/α,β-unsaturated/α-hetero) is 1. The average molecular weight is 521 g/mol. The van der Waals surface area contributed by atoms with E-state index in [1.54, 1.807) is 13.0 Å². The normalized spacial score (nSPS) is 21.3. The van der Waals surface area contributed by atoms with Crippen LogP contribution in [0.3, 0.4) is 0 Å². The number of nitrogens with one attached hydrogen (secondary N) is 1. The van der Waals surface area contributed by atoms with Crippen molar-refractivity contribution < 1.29 is 32.3 Å². The van der Waals surface area contributed by atoms with Crippen molar-refractivity contribution in [1.29, 1.82) is 0 Å². The van der Waals surface area contributed by atoms with Crippen LogP contribution in [0.2, 0.25) is 0 Å². The number of fused-ring (bicyclic) bond motifs is 1.